The minimum atomic E-state index is -0.619. The number of anilines is 1. The molecule has 0 fully saturated rings. The van der Waals surface area contributed by atoms with Gasteiger partial charge in [0.25, 0.3) is 0 Å². The Bertz CT molecular complexity index is 1070. The van der Waals surface area contributed by atoms with Gasteiger partial charge in [0.15, 0.2) is 11.6 Å². The number of H-pyrrole nitrogens is 1. The molecule has 29 heavy (non-hydrogen) atoms. The lowest BCUT2D eigenvalue weighted by Gasteiger charge is -2.46. The second-order valence-corrected chi connectivity index (χ2v) is 8.14. The molecule has 4 rings (SSSR count). The van der Waals surface area contributed by atoms with Crippen LogP contribution in [0, 0.1) is 5.82 Å². The highest BCUT2D eigenvalue weighted by Gasteiger charge is 2.44. The Morgan fingerprint density at radius 2 is 2.03 bits per heavy atom. The Kier molecular flexibility index (Phi) is 4.81. The number of fused-ring (bicyclic) bond motifs is 1. The standard InChI is InChI=1S/C19H19BrFN7O/c1-10-14-11(15(27-26-14)17-23-6-4-7-24-17)9-28(19(10,2)3)18(29)25-12-5-8-22-16(20)13(12)21/h4-8,10H,9H2,1-3H3,(H,26,27)(H,22,25,29)/t10-/m0/s1. The lowest BCUT2D eigenvalue weighted by Crippen LogP contribution is -2.54. The number of nitrogens with zero attached hydrogens (tertiary/aromatic N) is 5. The number of urea groups is 1. The molecular weight excluding hydrogens is 441 g/mol. The van der Waals surface area contributed by atoms with E-state index in [0.29, 0.717) is 11.5 Å². The maximum Gasteiger partial charge on any atom is 0.322 e. The summed E-state index contributed by atoms with van der Waals surface area (Å²) in [5.41, 5.74) is 1.92. The molecule has 0 radical (unpaired) electrons. The van der Waals surface area contributed by atoms with Gasteiger partial charge in [0.05, 0.1) is 17.9 Å². The van der Waals surface area contributed by atoms with Gasteiger partial charge in [-0.05, 0) is 41.9 Å². The van der Waals surface area contributed by atoms with Crippen molar-refractivity contribution in [3.05, 3.63) is 52.4 Å². The van der Waals surface area contributed by atoms with Crippen LogP contribution in [0.1, 0.15) is 37.9 Å². The Morgan fingerprint density at radius 3 is 2.76 bits per heavy atom. The van der Waals surface area contributed by atoms with Crippen molar-refractivity contribution in [2.24, 2.45) is 0 Å². The Labute approximate surface area is 175 Å². The van der Waals surface area contributed by atoms with Gasteiger partial charge in [0.1, 0.15) is 10.3 Å². The molecule has 0 spiro atoms. The van der Waals surface area contributed by atoms with Crippen molar-refractivity contribution in [3.8, 4) is 11.5 Å². The number of carbonyl (C=O) groups is 1. The predicted molar refractivity (Wildman–Crippen MR) is 109 cm³/mol. The zero-order valence-corrected chi connectivity index (χ0v) is 17.7. The zero-order valence-electron chi connectivity index (χ0n) is 16.1. The molecule has 3 aromatic rings. The monoisotopic (exact) mass is 459 g/mol. The second-order valence-electron chi connectivity index (χ2n) is 7.39. The first kappa shape index (κ1) is 19.4. The number of carbonyl (C=O) groups excluding carboxylic acids is 1. The van der Waals surface area contributed by atoms with E-state index in [1.165, 1.54) is 12.3 Å². The van der Waals surface area contributed by atoms with Crippen molar-refractivity contribution < 1.29 is 9.18 Å². The molecule has 4 heterocycles. The van der Waals surface area contributed by atoms with E-state index >= 15 is 0 Å². The molecule has 0 bridgehead atoms. The molecule has 1 aliphatic rings. The number of aromatic nitrogens is 5. The normalized spacial score (nSPS) is 17.7. The molecule has 1 atom stereocenters. The van der Waals surface area contributed by atoms with E-state index < -0.39 is 17.4 Å². The van der Waals surface area contributed by atoms with Gasteiger partial charge >= 0.3 is 6.03 Å². The van der Waals surface area contributed by atoms with Crippen LogP contribution < -0.4 is 5.32 Å². The average Bonchev–Trinajstić information content (AvgIpc) is 3.13. The number of aromatic amines is 1. The number of halogens is 2. The molecule has 0 aliphatic carbocycles. The van der Waals surface area contributed by atoms with Crippen LogP contribution in [-0.4, -0.2) is 41.6 Å². The largest absolute Gasteiger partial charge is 0.322 e. The first-order valence-electron chi connectivity index (χ1n) is 9.04. The smallest absolute Gasteiger partial charge is 0.314 e. The first-order chi connectivity index (χ1) is 13.8. The number of amides is 2. The van der Waals surface area contributed by atoms with Gasteiger partial charge in [-0.3, -0.25) is 5.10 Å². The maximum absolute atomic E-state index is 14.3. The van der Waals surface area contributed by atoms with Gasteiger partial charge in [0.2, 0.25) is 0 Å². The van der Waals surface area contributed by atoms with Crippen LogP contribution in [0.25, 0.3) is 11.5 Å². The van der Waals surface area contributed by atoms with Crippen LogP contribution in [0.2, 0.25) is 0 Å². The highest BCUT2D eigenvalue weighted by atomic mass is 79.9. The Morgan fingerprint density at radius 1 is 1.31 bits per heavy atom. The van der Waals surface area contributed by atoms with Crippen LogP contribution in [0.3, 0.4) is 0 Å². The quantitative estimate of drug-likeness (QED) is 0.562. The summed E-state index contributed by atoms with van der Waals surface area (Å²) in [6.45, 7) is 6.23. The van der Waals surface area contributed by atoms with Crippen molar-refractivity contribution in [3.63, 3.8) is 0 Å². The number of hydrogen-bond acceptors (Lipinski definition) is 5. The number of hydrogen-bond donors (Lipinski definition) is 2. The molecule has 0 unspecified atom stereocenters. The van der Waals surface area contributed by atoms with Crippen LogP contribution >= 0.6 is 15.9 Å². The SMILES string of the molecule is C[C@H]1c2n[nH]c(-c3ncccn3)c2CN(C(=O)Nc2ccnc(Br)c2F)C1(C)C. The molecule has 8 nitrogen and oxygen atoms in total. The third-order valence-corrected chi connectivity index (χ3v) is 6.06. The minimum Gasteiger partial charge on any atom is -0.314 e. The third kappa shape index (κ3) is 3.27. The van der Waals surface area contributed by atoms with Crippen LogP contribution in [0.4, 0.5) is 14.9 Å². The van der Waals surface area contributed by atoms with Crippen molar-refractivity contribution >= 4 is 27.6 Å². The summed E-state index contributed by atoms with van der Waals surface area (Å²) in [6, 6.07) is 2.75. The molecule has 3 aromatic heterocycles. The van der Waals surface area contributed by atoms with E-state index in [-0.39, 0.29) is 22.8 Å². The van der Waals surface area contributed by atoms with E-state index in [0.717, 1.165) is 11.3 Å². The van der Waals surface area contributed by atoms with Crippen LogP contribution in [-0.2, 0) is 6.54 Å². The summed E-state index contributed by atoms with van der Waals surface area (Å²) in [6.07, 6.45) is 4.73. The molecule has 10 heteroatoms. The van der Waals surface area contributed by atoms with Crippen molar-refractivity contribution in [1.82, 2.24) is 30.0 Å². The number of pyridine rings is 1. The highest BCUT2D eigenvalue weighted by Crippen LogP contribution is 2.42. The average molecular weight is 460 g/mol. The lowest BCUT2D eigenvalue weighted by molar-refractivity contribution is 0.109. The van der Waals surface area contributed by atoms with Gasteiger partial charge in [0, 0.05) is 35.6 Å². The summed E-state index contributed by atoms with van der Waals surface area (Å²) in [5, 5.41) is 10.2. The van der Waals surface area contributed by atoms with Gasteiger partial charge in [-0.25, -0.2) is 24.1 Å². The lowest BCUT2D eigenvalue weighted by atomic mass is 9.79. The fraction of sp³-hybridized carbons (Fsp3) is 0.316. The van der Waals surface area contributed by atoms with Crippen molar-refractivity contribution in [2.75, 3.05) is 5.32 Å². The van der Waals surface area contributed by atoms with Crippen LogP contribution in [0.15, 0.2) is 35.3 Å². The third-order valence-electron chi connectivity index (χ3n) is 5.50. The van der Waals surface area contributed by atoms with E-state index in [2.05, 4.69) is 46.4 Å². The van der Waals surface area contributed by atoms with Crippen LogP contribution in [0.5, 0.6) is 0 Å². The van der Waals surface area contributed by atoms with Gasteiger partial charge in [-0.2, -0.15) is 5.10 Å². The fourth-order valence-corrected chi connectivity index (χ4v) is 3.80. The molecular formula is C19H19BrFN7O. The molecule has 0 saturated heterocycles. The molecule has 2 N–H and O–H groups in total. The summed E-state index contributed by atoms with van der Waals surface area (Å²) >= 11 is 3.04. The second kappa shape index (κ2) is 7.18. The van der Waals surface area contributed by atoms with E-state index in [1.807, 2.05) is 20.8 Å². The molecule has 1 aliphatic heterocycles. The van der Waals surface area contributed by atoms with Gasteiger partial charge in [-0.1, -0.05) is 6.92 Å². The number of rotatable bonds is 2. The predicted octanol–water partition coefficient (Wildman–Crippen LogP) is 4.09. The minimum absolute atomic E-state index is 0.0437. The fourth-order valence-electron chi connectivity index (χ4n) is 3.47. The zero-order chi connectivity index (χ0) is 20.8. The van der Waals surface area contributed by atoms with Crippen molar-refractivity contribution in [1.29, 1.82) is 0 Å². The molecule has 150 valence electrons. The van der Waals surface area contributed by atoms with Gasteiger partial charge in [-0.15, -0.1) is 0 Å². The Balaban J connectivity index is 1.70. The van der Waals surface area contributed by atoms with E-state index in [1.54, 1.807) is 23.4 Å². The molecule has 2 amide bonds. The van der Waals surface area contributed by atoms with Crippen molar-refractivity contribution in [2.45, 2.75) is 38.8 Å². The summed E-state index contributed by atoms with van der Waals surface area (Å²) in [7, 11) is 0. The maximum atomic E-state index is 14.3. The highest BCUT2D eigenvalue weighted by molar-refractivity contribution is 9.10. The summed E-state index contributed by atoms with van der Waals surface area (Å²) in [4.78, 5) is 27.2. The number of nitrogens with one attached hydrogen (secondary N) is 2. The molecule has 0 aromatic carbocycles. The Hall–Kier alpha value is -2.88. The van der Waals surface area contributed by atoms with E-state index in [9.17, 15) is 9.18 Å². The first-order valence-corrected chi connectivity index (χ1v) is 9.83. The van der Waals surface area contributed by atoms with Gasteiger partial charge < -0.3 is 10.2 Å². The molecule has 0 saturated carbocycles. The summed E-state index contributed by atoms with van der Waals surface area (Å²) in [5.74, 6) is -0.177. The van der Waals surface area contributed by atoms with E-state index in [4.69, 9.17) is 0 Å². The topological polar surface area (TPSA) is 99.7 Å². The summed E-state index contributed by atoms with van der Waals surface area (Å²) < 4.78 is 14.3.